The first-order valence-corrected chi connectivity index (χ1v) is 7.33. The Labute approximate surface area is 121 Å². The summed E-state index contributed by atoms with van der Waals surface area (Å²) in [5.74, 6) is 2.11. The van der Waals surface area contributed by atoms with E-state index >= 15 is 0 Å². The number of benzene rings is 1. The van der Waals surface area contributed by atoms with Crippen LogP contribution in [-0.2, 0) is 0 Å². The van der Waals surface area contributed by atoms with Gasteiger partial charge in [0, 0.05) is 17.7 Å². The number of piperidine rings is 1. The van der Waals surface area contributed by atoms with Gasteiger partial charge in [-0.05, 0) is 37.4 Å². The second-order valence-electron chi connectivity index (χ2n) is 5.41. The topological polar surface area (TPSA) is 50.7 Å². The maximum Gasteiger partial charge on any atom is 0.128 e. The summed E-state index contributed by atoms with van der Waals surface area (Å²) in [4.78, 5) is 0. The van der Waals surface area contributed by atoms with E-state index in [4.69, 9.17) is 9.47 Å². The molecule has 1 aliphatic rings. The Balaban J connectivity index is 2.17. The lowest BCUT2D eigenvalue weighted by molar-refractivity contribution is 0.0955. The number of nitrogens with one attached hydrogen (secondary N) is 1. The Bertz CT molecular complexity index is 436. The molecule has 3 unspecified atom stereocenters. The van der Waals surface area contributed by atoms with Crippen LogP contribution in [0.4, 0.5) is 0 Å². The molecule has 1 saturated heterocycles. The Morgan fingerprint density at radius 1 is 1.35 bits per heavy atom. The van der Waals surface area contributed by atoms with Crippen molar-refractivity contribution in [3.63, 3.8) is 0 Å². The van der Waals surface area contributed by atoms with E-state index in [-0.39, 0.29) is 6.04 Å². The maximum atomic E-state index is 10.7. The summed E-state index contributed by atoms with van der Waals surface area (Å²) >= 11 is 0. The first-order chi connectivity index (χ1) is 9.69. The summed E-state index contributed by atoms with van der Waals surface area (Å²) in [5.41, 5.74) is 0.822. The number of aliphatic hydroxyl groups is 1. The van der Waals surface area contributed by atoms with E-state index in [2.05, 4.69) is 12.2 Å². The van der Waals surface area contributed by atoms with Gasteiger partial charge in [0.15, 0.2) is 0 Å². The maximum absolute atomic E-state index is 10.7. The highest BCUT2D eigenvalue weighted by Crippen LogP contribution is 2.34. The standard InChI is InChI=1S/C16H25NO3/c1-4-11-7-8-17-14(9-11)16(18)13-6-5-12(19-2)10-15(13)20-3/h5-6,10-11,14,16-18H,4,7-9H2,1-3H3. The zero-order valence-corrected chi connectivity index (χ0v) is 12.6. The lowest BCUT2D eigenvalue weighted by atomic mass is 9.86. The van der Waals surface area contributed by atoms with E-state index in [1.807, 2.05) is 18.2 Å². The van der Waals surface area contributed by atoms with Crippen LogP contribution < -0.4 is 14.8 Å². The van der Waals surface area contributed by atoms with Crippen molar-refractivity contribution in [2.45, 2.75) is 38.3 Å². The van der Waals surface area contributed by atoms with Crippen LogP contribution >= 0.6 is 0 Å². The van der Waals surface area contributed by atoms with Gasteiger partial charge in [-0.1, -0.05) is 13.3 Å². The van der Waals surface area contributed by atoms with Gasteiger partial charge >= 0.3 is 0 Å². The molecule has 20 heavy (non-hydrogen) atoms. The van der Waals surface area contributed by atoms with Crippen LogP contribution in [0.5, 0.6) is 11.5 Å². The van der Waals surface area contributed by atoms with Crippen LogP contribution in [-0.4, -0.2) is 31.9 Å². The summed E-state index contributed by atoms with van der Waals surface area (Å²) in [5, 5.41) is 14.1. The van der Waals surface area contributed by atoms with Crippen molar-refractivity contribution in [3.05, 3.63) is 23.8 Å². The van der Waals surface area contributed by atoms with Crippen LogP contribution in [0.1, 0.15) is 37.9 Å². The molecule has 0 spiro atoms. The second-order valence-corrected chi connectivity index (χ2v) is 5.41. The Kier molecular flexibility index (Phi) is 5.26. The number of aliphatic hydroxyl groups excluding tert-OH is 1. The van der Waals surface area contributed by atoms with Crippen LogP contribution in [0.2, 0.25) is 0 Å². The predicted molar refractivity (Wildman–Crippen MR) is 79.3 cm³/mol. The van der Waals surface area contributed by atoms with Gasteiger partial charge in [-0.15, -0.1) is 0 Å². The van der Waals surface area contributed by atoms with Crippen molar-refractivity contribution >= 4 is 0 Å². The van der Waals surface area contributed by atoms with Crippen molar-refractivity contribution in [3.8, 4) is 11.5 Å². The second kappa shape index (κ2) is 6.95. The van der Waals surface area contributed by atoms with Crippen molar-refractivity contribution < 1.29 is 14.6 Å². The molecule has 112 valence electrons. The van der Waals surface area contributed by atoms with Gasteiger partial charge in [-0.2, -0.15) is 0 Å². The molecule has 1 fully saturated rings. The molecule has 0 amide bonds. The summed E-state index contributed by atoms with van der Waals surface area (Å²) in [6.45, 7) is 3.19. The number of hydrogen-bond acceptors (Lipinski definition) is 4. The molecule has 2 rings (SSSR count). The first-order valence-electron chi connectivity index (χ1n) is 7.33. The van der Waals surface area contributed by atoms with Crippen LogP contribution in [0.25, 0.3) is 0 Å². The highest BCUT2D eigenvalue weighted by molar-refractivity contribution is 5.42. The molecule has 1 aromatic carbocycles. The Hall–Kier alpha value is -1.26. The molecular weight excluding hydrogens is 254 g/mol. The zero-order chi connectivity index (χ0) is 14.5. The largest absolute Gasteiger partial charge is 0.497 e. The van der Waals surface area contributed by atoms with Gasteiger partial charge in [0.05, 0.1) is 20.3 Å². The summed E-state index contributed by atoms with van der Waals surface area (Å²) in [7, 11) is 3.24. The van der Waals surface area contributed by atoms with Gasteiger partial charge in [0.1, 0.15) is 11.5 Å². The lowest BCUT2D eigenvalue weighted by Gasteiger charge is -2.33. The third-order valence-corrected chi connectivity index (χ3v) is 4.26. The smallest absolute Gasteiger partial charge is 0.128 e. The van der Waals surface area contributed by atoms with Gasteiger partial charge < -0.3 is 19.9 Å². The Morgan fingerprint density at radius 2 is 2.15 bits per heavy atom. The average molecular weight is 279 g/mol. The molecule has 0 radical (unpaired) electrons. The zero-order valence-electron chi connectivity index (χ0n) is 12.6. The normalized spacial score (nSPS) is 24.2. The molecular formula is C16H25NO3. The minimum absolute atomic E-state index is 0.0935. The van der Waals surface area contributed by atoms with Crippen molar-refractivity contribution in [2.24, 2.45) is 5.92 Å². The molecule has 0 bridgehead atoms. The highest BCUT2D eigenvalue weighted by Gasteiger charge is 2.28. The van der Waals surface area contributed by atoms with E-state index in [9.17, 15) is 5.11 Å². The van der Waals surface area contributed by atoms with Crippen LogP contribution in [0.3, 0.4) is 0 Å². The Morgan fingerprint density at radius 3 is 2.80 bits per heavy atom. The third kappa shape index (κ3) is 3.25. The van der Waals surface area contributed by atoms with E-state index < -0.39 is 6.10 Å². The van der Waals surface area contributed by atoms with Crippen molar-refractivity contribution in [2.75, 3.05) is 20.8 Å². The monoisotopic (exact) mass is 279 g/mol. The van der Waals surface area contributed by atoms with E-state index in [1.54, 1.807) is 14.2 Å². The van der Waals surface area contributed by atoms with Gasteiger partial charge in [0.25, 0.3) is 0 Å². The molecule has 3 atom stereocenters. The van der Waals surface area contributed by atoms with Crippen LogP contribution in [0, 0.1) is 5.92 Å². The fourth-order valence-electron chi connectivity index (χ4n) is 2.92. The molecule has 2 N–H and O–H groups in total. The number of hydrogen-bond donors (Lipinski definition) is 2. The molecule has 0 aliphatic carbocycles. The molecule has 4 heteroatoms. The molecule has 0 aromatic heterocycles. The fraction of sp³-hybridized carbons (Fsp3) is 0.625. The molecule has 1 aromatic rings. The van der Waals surface area contributed by atoms with E-state index in [1.165, 1.54) is 12.8 Å². The van der Waals surface area contributed by atoms with E-state index in [0.29, 0.717) is 11.7 Å². The minimum atomic E-state index is -0.551. The number of methoxy groups -OCH3 is 2. The molecule has 0 saturated carbocycles. The van der Waals surface area contributed by atoms with Crippen LogP contribution in [0.15, 0.2) is 18.2 Å². The van der Waals surface area contributed by atoms with E-state index in [0.717, 1.165) is 24.3 Å². The minimum Gasteiger partial charge on any atom is -0.497 e. The summed E-state index contributed by atoms with van der Waals surface area (Å²) in [6.07, 6.45) is 2.82. The highest BCUT2D eigenvalue weighted by atomic mass is 16.5. The fourth-order valence-corrected chi connectivity index (χ4v) is 2.92. The van der Waals surface area contributed by atoms with Gasteiger partial charge in [-0.25, -0.2) is 0 Å². The first kappa shape index (κ1) is 15.1. The van der Waals surface area contributed by atoms with Crippen molar-refractivity contribution in [1.29, 1.82) is 0 Å². The molecule has 1 aliphatic heterocycles. The number of rotatable bonds is 5. The third-order valence-electron chi connectivity index (χ3n) is 4.26. The summed E-state index contributed by atoms with van der Waals surface area (Å²) < 4.78 is 10.6. The van der Waals surface area contributed by atoms with Crippen molar-refractivity contribution in [1.82, 2.24) is 5.32 Å². The molecule has 4 nitrogen and oxygen atoms in total. The lowest BCUT2D eigenvalue weighted by Crippen LogP contribution is -2.42. The predicted octanol–water partition coefficient (Wildman–Crippen LogP) is 2.52. The number of ether oxygens (including phenoxy) is 2. The van der Waals surface area contributed by atoms with Gasteiger partial charge in [-0.3, -0.25) is 0 Å². The summed E-state index contributed by atoms with van der Waals surface area (Å²) in [6, 6.07) is 5.66. The molecule has 1 heterocycles. The van der Waals surface area contributed by atoms with Gasteiger partial charge in [0.2, 0.25) is 0 Å². The quantitative estimate of drug-likeness (QED) is 0.869. The average Bonchev–Trinajstić information content (AvgIpc) is 2.53. The SMILES string of the molecule is CCC1CCNC(C(O)c2ccc(OC)cc2OC)C1.